The van der Waals surface area contributed by atoms with Gasteiger partial charge in [0.15, 0.2) is 0 Å². The monoisotopic (exact) mass is 504 g/mol. The maximum absolute atomic E-state index is 6.53. The van der Waals surface area contributed by atoms with Gasteiger partial charge in [0, 0.05) is 22.0 Å². The number of fused-ring (bicyclic) bond motifs is 3. The molecule has 0 spiro atoms. The average Bonchev–Trinajstić information content (AvgIpc) is 3.25. The molecule has 0 amide bonds. The average molecular weight is 505 g/mol. The van der Waals surface area contributed by atoms with Crippen LogP contribution in [0.25, 0.3) is 0 Å². The van der Waals surface area contributed by atoms with Crippen LogP contribution in [0.3, 0.4) is 0 Å². The van der Waals surface area contributed by atoms with E-state index in [-0.39, 0.29) is 17.7 Å². The van der Waals surface area contributed by atoms with E-state index in [1.807, 2.05) is 25.1 Å². The lowest BCUT2D eigenvalue weighted by molar-refractivity contribution is -0.0191. The fourth-order valence-electron chi connectivity index (χ4n) is 4.51. The van der Waals surface area contributed by atoms with E-state index in [1.165, 1.54) is 5.56 Å². The van der Waals surface area contributed by atoms with Crippen molar-refractivity contribution in [2.75, 3.05) is 6.61 Å². The summed E-state index contributed by atoms with van der Waals surface area (Å²) >= 11 is 3.63. The minimum absolute atomic E-state index is 0.111. The van der Waals surface area contributed by atoms with E-state index in [0.717, 1.165) is 44.8 Å². The second kappa shape index (κ2) is 8.53. The molecule has 2 atom stereocenters. The van der Waals surface area contributed by atoms with Crippen LogP contribution in [0.4, 0.5) is 0 Å². The topological polar surface area (TPSA) is 34.1 Å². The Morgan fingerprint density at radius 3 is 2.42 bits per heavy atom. The van der Waals surface area contributed by atoms with Gasteiger partial charge in [0.1, 0.15) is 11.5 Å². The van der Waals surface area contributed by atoms with Crippen molar-refractivity contribution in [3.8, 4) is 11.5 Å². The van der Waals surface area contributed by atoms with Gasteiger partial charge in [-0.3, -0.25) is 0 Å². The normalized spacial score (nSPS) is 19.4. The van der Waals surface area contributed by atoms with Gasteiger partial charge in [0.05, 0.1) is 18.4 Å². The predicted octanol–water partition coefficient (Wildman–Crippen LogP) is 7.39. The third-order valence-corrected chi connectivity index (χ3v) is 6.81. The quantitative estimate of drug-likeness (QED) is 0.371. The first-order chi connectivity index (χ1) is 15.8. The first-order valence-electron chi connectivity index (χ1n) is 11.5. The molecule has 0 aliphatic carbocycles. The van der Waals surface area contributed by atoms with Crippen LogP contribution in [0.15, 0.2) is 76.3 Å². The third kappa shape index (κ3) is 4.26. The van der Waals surface area contributed by atoms with E-state index in [1.54, 1.807) is 0 Å². The minimum atomic E-state index is -0.266. The molecule has 3 aromatic carbocycles. The molecule has 0 unspecified atom stereocenters. The molecule has 2 aliphatic rings. The summed E-state index contributed by atoms with van der Waals surface area (Å²) in [4.78, 5) is 0. The summed E-state index contributed by atoms with van der Waals surface area (Å²) in [7, 11) is 0. The molecule has 33 heavy (non-hydrogen) atoms. The Morgan fingerprint density at radius 1 is 1.03 bits per heavy atom. The number of ether oxygens (including phenoxy) is 2. The number of hydrogen-bond acceptors (Lipinski definition) is 4. The zero-order valence-electron chi connectivity index (χ0n) is 19.5. The smallest absolute Gasteiger partial charge is 0.213 e. The third-order valence-electron chi connectivity index (χ3n) is 6.31. The Hall–Kier alpha value is -2.79. The van der Waals surface area contributed by atoms with Crippen molar-refractivity contribution in [2.24, 2.45) is 5.10 Å². The van der Waals surface area contributed by atoms with E-state index in [2.05, 4.69) is 90.2 Å². The first kappa shape index (κ1) is 22.0. The van der Waals surface area contributed by atoms with Crippen LogP contribution in [-0.4, -0.2) is 17.3 Å². The van der Waals surface area contributed by atoms with E-state index in [9.17, 15) is 0 Å². The number of nitrogens with zero attached hydrogens (tertiary/aromatic N) is 2. The summed E-state index contributed by atoms with van der Waals surface area (Å²) in [5, 5.41) is 7.21. The highest BCUT2D eigenvalue weighted by Crippen LogP contribution is 2.48. The van der Waals surface area contributed by atoms with Gasteiger partial charge in [-0.05, 0) is 65.9 Å². The SMILES string of the molecule is CCOc1ccc(C2=NN3[C@H](C2)c2cc(Br)ccc2O[C@@H]3c2ccc(C(C)(C)C)cc2)cc1. The van der Waals surface area contributed by atoms with Crippen LogP contribution in [0.2, 0.25) is 0 Å². The van der Waals surface area contributed by atoms with Gasteiger partial charge in [0.25, 0.3) is 0 Å². The van der Waals surface area contributed by atoms with Crippen molar-refractivity contribution in [1.82, 2.24) is 5.01 Å². The van der Waals surface area contributed by atoms with Gasteiger partial charge < -0.3 is 9.47 Å². The summed E-state index contributed by atoms with van der Waals surface area (Å²) in [5.74, 6) is 1.81. The molecule has 0 saturated heterocycles. The van der Waals surface area contributed by atoms with Gasteiger partial charge >= 0.3 is 0 Å². The van der Waals surface area contributed by atoms with Gasteiger partial charge in [-0.25, -0.2) is 5.01 Å². The van der Waals surface area contributed by atoms with E-state index in [0.29, 0.717) is 6.61 Å². The van der Waals surface area contributed by atoms with E-state index in [4.69, 9.17) is 14.6 Å². The van der Waals surface area contributed by atoms with E-state index < -0.39 is 0 Å². The second-order valence-corrected chi connectivity index (χ2v) is 10.5. The summed E-state index contributed by atoms with van der Waals surface area (Å²) < 4.78 is 13.2. The molecule has 5 rings (SSSR count). The fraction of sp³-hybridized carbons (Fsp3) is 0.321. The van der Waals surface area contributed by atoms with Crippen LogP contribution in [0.1, 0.15) is 68.6 Å². The van der Waals surface area contributed by atoms with Crippen LogP contribution < -0.4 is 9.47 Å². The number of halogens is 1. The van der Waals surface area contributed by atoms with Gasteiger partial charge in [-0.2, -0.15) is 5.10 Å². The van der Waals surface area contributed by atoms with Crippen LogP contribution in [0.5, 0.6) is 11.5 Å². The van der Waals surface area contributed by atoms with Crippen molar-refractivity contribution in [3.05, 3.63) is 93.5 Å². The molecule has 0 saturated carbocycles. The first-order valence-corrected chi connectivity index (χ1v) is 12.3. The summed E-state index contributed by atoms with van der Waals surface area (Å²) in [5.41, 5.74) is 5.87. The number of hydrogen-bond donors (Lipinski definition) is 0. The van der Waals surface area contributed by atoms with Crippen molar-refractivity contribution >= 4 is 21.6 Å². The molecule has 0 N–H and O–H groups in total. The lowest BCUT2D eigenvalue weighted by atomic mass is 9.86. The number of rotatable bonds is 4. The molecule has 3 aromatic rings. The fourth-order valence-corrected chi connectivity index (χ4v) is 4.89. The highest BCUT2D eigenvalue weighted by atomic mass is 79.9. The number of hydrazone groups is 1. The van der Waals surface area contributed by atoms with Gasteiger partial charge in [-0.15, -0.1) is 0 Å². The summed E-state index contributed by atoms with van der Waals surface area (Å²) in [6, 6.07) is 23.4. The van der Waals surface area contributed by atoms with Crippen molar-refractivity contribution < 1.29 is 9.47 Å². The highest BCUT2D eigenvalue weighted by molar-refractivity contribution is 9.10. The summed E-state index contributed by atoms with van der Waals surface area (Å²) in [6.45, 7) is 9.36. The Morgan fingerprint density at radius 2 is 1.76 bits per heavy atom. The Kier molecular flexibility index (Phi) is 5.69. The van der Waals surface area contributed by atoms with Crippen LogP contribution >= 0.6 is 15.9 Å². The maximum Gasteiger partial charge on any atom is 0.213 e. The molecule has 5 heteroatoms. The van der Waals surface area contributed by atoms with Gasteiger partial charge in [-0.1, -0.05) is 61.0 Å². The number of benzene rings is 3. The highest BCUT2D eigenvalue weighted by Gasteiger charge is 2.41. The predicted molar refractivity (Wildman–Crippen MR) is 136 cm³/mol. The Balaban J connectivity index is 1.52. The van der Waals surface area contributed by atoms with Crippen molar-refractivity contribution in [2.45, 2.75) is 51.8 Å². The van der Waals surface area contributed by atoms with Crippen LogP contribution in [-0.2, 0) is 5.41 Å². The molecule has 0 radical (unpaired) electrons. The zero-order valence-corrected chi connectivity index (χ0v) is 21.1. The molecule has 0 fully saturated rings. The van der Waals surface area contributed by atoms with E-state index >= 15 is 0 Å². The molecule has 0 aromatic heterocycles. The molecular weight excluding hydrogens is 476 g/mol. The molecular formula is C28H29BrN2O2. The lowest BCUT2D eigenvalue weighted by Crippen LogP contribution is -2.33. The minimum Gasteiger partial charge on any atom is -0.494 e. The maximum atomic E-state index is 6.53. The van der Waals surface area contributed by atoms with Crippen molar-refractivity contribution in [3.63, 3.8) is 0 Å². The largest absolute Gasteiger partial charge is 0.494 e. The van der Waals surface area contributed by atoms with Gasteiger partial charge in [0.2, 0.25) is 6.23 Å². The summed E-state index contributed by atoms with van der Waals surface area (Å²) in [6.07, 6.45) is 0.565. The second-order valence-electron chi connectivity index (χ2n) is 9.63. The Bertz CT molecular complexity index is 1180. The standard InChI is InChI=1S/C28H29BrN2O2/c1-5-32-22-13-8-18(9-14-22)24-17-25-23-16-21(29)12-15-26(23)33-27(31(25)30-24)19-6-10-20(11-7-19)28(2,3)4/h6-16,25,27H,5,17H2,1-4H3/t25-,27-/m1/s1. The molecule has 2 aliphatic heterocycles. The van der Waals surface area contributed by atoms with Crippen molar-refractivity contribution in [1.29, 1.82) is 0 Å². The molecule has 2 heterocycles. The zero-order chi connectivity index (χ0) is 23.2. The molecule has 4 nitrogen and oxygen atoms in total. The Labute approximate surface area is 204 Å². The van der Waals surface area contributed by atoms with Crippen LogP contribution in [0, 0.1) is 0 Å². The molecule has 170 valence electrons. The molecule has 0 bridgehead atoms. The lowest BCUT2D eigenvalue weighted by Gasteiger charge is -2.38.